The summed E-state index contributed by atoms with van der Waals surface area (Å²) in [6.45, 7) is 7.31. The third kappa shape index (κ3) is 3.74. The van der Waals surface area contributed by atoms with E-state index in [1.165, 1.54) is 0 Å². The first-order valence-corrected chi connectivity index (χ1v) is 7.64. The normalized spacial score (nSPS) is 12.3. The summed E-state index contributed by atoms with van der Waals surface area (Å²) in [7, 11) is 0. The summed E-state index contributed by atoms with van der Waals surface area (Å²) in [4.78, 5) is 16.7. The molecule has 21 heavy (non-hydrogen) atoms. The minimum atomic E-state index is 0.0204. The van der Waals surface area contributed by atoms with E-state index in [0.717, 1.165) is 36.4 Å². The summed E-state index contributed by atoms with van der Waals surface area (Å²) in [5.41, 5.74) is 1.89. The Morgan fingerprint density at radius 3 is 2.81 bits per heavy atom. The van der Waals surface area contributed by atoms with Crippen LogP contribution in [-0.4, -0.2) is 28.0 Å². The van der Waals surface area contributed by atoms with Crippen LogP contribution in [0.25, 0.3) is 11.0 Å². The number of anilines is 1. The van der Waals surface area contributed by atoms with Gasteiger partial charge in [0.2, 0.25) is 11.9 Å². The smallest absolute Gasteiger partial charge is 0.240 e. The van der Waals surface area contributed by atoms with Crippen LogP contribution in [0, 0.1) is 0 Å². The molecule has 0 saturated carbocycles. The van der Waals surface area contributed by atoms with Crippen LogP contribution in [0.5, 0.6) is 0 Å². The van der Waals surface area contributed by atoms with Crippen molar-refractivity contribution in [2.24, 2.45) is 0 Å². The molecule has 5 heteroatoms. The van der Waals surface area contributed by atoms with Crippen molar-refractivity contribution in [1.29, 1.82) is 0 Å². The van der Waals surface area contributed by atoms with Crippen LogP contribution in [0.1, 0.15) is 33.6 Å². The number of imidazole rings is 1. The van der Waals surface area contributed by atoms with Gasteiger partial charge in [-0.15, -0.1) is 0 Å². The van der Waals surface area contributed by atoms with Gasteiger partial charge in [-0.3, -0.25) is 4.79 Å². The topological polar surface area (TPSA) is 59.0 Å². The Bertz CT molecular complexity index is 605. The molecule has 2 rings (SSSR count). The molecule has 1 heterocycles. The fraction of sp³-hybridized carbons (Fsp3) is 0.500. The number of nitrogens with one attached hydrogen (secondary N) is 2. The fourth-order valence-electron chi connectivity index (χ4n) is 2.17. The predicted molar refractivity (Wildman–Crippen MR) is 86.4 cm³/mol. The number of rotatable bonds is 7. The van der Waals surface area contributed by atoms with Crippen molar-refractivity contribution in [3.8, 4) is 0 Å². The largest absolute Gasteiger partial charge is 0.356 e. The van der Waals surface area contributed by atoms with Gasteiger partial charge in [-0.05, 0) is 31.9 Å². The van der Waals surface area contributed by atoms with E-state index in [4.69, 9.17) is 0 Å². The average Bonchev–Trinajstić information content (AvgIpc) is 2.83. The first-order chi connectivity index (χ1) is 10.2. The van der Waals surface area contributed by atoms with Gasteiger partial charge in [-0.2, -0.15) is 0 Å². The molecule has 0 radical (unpaired) electrons. The van der Waals surface area contributed by atoms with Crippen LogP contribution in [0.4, 0.5) is 5.95 Å². The Labute approximate surface area is 125 Å². The maximum absolute atomic E-state index is 12.2. The lowest BCUT2D eigenvalue weighted by Crippen LogP contribution is -2.34. The highest BCUT2D eigenvalue weighted by molar-refractivity contribution is 5.83. The molecule has 0 aliphatic carbocycles. The second-order valence-electron chi connectivity index (χ2n) is 5.31. The number of nitrogens with zero attached hydrogens (tertiary/aromatic N) is 2. The fourth-order valence-corrected chi connectivity index (χ4v) is 2.17. The molecule has 1 amide bonds. The molecule has 2 aromatic rings. The number of amides is 1. The van der Waals surface area contributed by atoms with E-state index in [0.29, 0.717) is 0 Å². The van der Waals surface area contributed by atoms with Crippen molar-refractivity contribution in [1.82, 2.24) is 14.9 Å². The molecule has 114 valence electrons. The van der Waals surface area contributed by atoms with Crippen molar-refractivity contribution in [3.05, 3.63) is 24.3 Å². The predicted octanol–water partition coefficient (Wildman–Crippen LogP) is 2.77. The van der Waals surface area contributed by atoms with E-state index in [1.807, 2.05) is 35.8 Å². The van der Waals surface area contributed by atoms with Crippen LogP contribution in [0.15, 0.2) is 24.3 Å². The molecule has 1 aromatic heterocycles. The van der Waals surface area contributed by atoms with E-state index < -0.39 is 0 Å². The number of hydrogen-bond acceptors (Lipinski definition) is 3. The van der Waals surface area contributed by atoms with Gasteiger partial charge < -0.3 is 15.2 Å². The average molecular weight is 288 g/mol. The molecule has 0 spiro atoms. The van der Waals surface area contributed by atoms with Gasteiger partial charge in [0.1, 0.15) is 6.54 Å². The lowest BCUT2D eigenvalue weighted by atomic mass is 10.2. The highest BCUT2D eigenvalue weighted by Gasteiger charge is 2.14. The first kappa shape index (κ1) is 15.4. The second-order valence-corrected chi connectivity index (χ2v) is 5.31. The molecule has 5 nitrogen and oxygen atoms in total. The Morgan fingerprint density at radius 2 is 2.10 bits per heavy atom. The van der Waals surface area contributed by atoms with E-state index >= 15 is 0 Å². The Kier molecular flexibility index (Phi) is 5.20. The maximum Gasteiger partial charge on any atom is 0.240 e. The van der Waals surface area contributed by atoms with Crippen LogP contribution in [-0.2, 0) is 11.3 Å². The van der Waals surface area contributed by atoms with E-state index in [9.17, 15) is 4.79 Å². The van der Waals surface area contributed by atoms with Crippen LogP contribution >= 0.6 is 0 Å². The molecule has 0 aliphatic heterocycles. The van der Waals surface area contributed by atoms with Gasteiger partial charge in [0.15, 0.2) is 0 Å². The summed E-state index contributed by atoms with van der Waals surface area (Å²) in [5.74, 6) is 0.782. The molecule has 2 N–H and O–H groups in total. The molecule has 0 bridgehead atoms. The Morgan fingerprint density at radius 1 is 1.33 bits per heavy atom. The number of hydrogen-bond donors (Lipinski definition) is 2. The van der Waals surface area contributed by atoms with Gasteiger partial charge >= 0.3 is 0 Å². The first-order valence-electron chi connectivity index (χ1n) is 7.64. The third-order valence-electron chi connectivity index (χ3n) is 3.51. The van der Waals surface area contributed by atoms with E-state index in [2.05, 4.69) is 29.5 Å². The molecule has 0 aliphatic rings. The summed E-state index contributed by atoms with van der Waals surface area (Å²) in [6.07, 6.45) is 1.94. The standard InChI is InChI=1S/C16H24N4O/c1-4-10-17-16-19-13-8-6-7-9-14(13)20(16)11-15(21)18-12(3)5-2/h6-9,12H,4-5,10-11H2,1-3H3,(H,17,19)(H,18,21). The number of benzene rings is 1. The molecule has 1 atom stereocenters. The number of carbonyl (C=O) groups is 1. The highest BCUT2D eigenvalue weighted by atomic mass is 16.2. The minimum absolute atomic E-state index is 0.0204. The molecular formula is C16H24N4O. The van der Waals surface area contributed by atoms with Gasteiger partial charge in [0, 0.05) is 12.6 Å². The van der Waals surface area contributed by atoms with Crippen LogP contribution in [0.3, 0.4) is 0 Å². The maximum atomic E-state index is 12.2. The number of carbonyl (C=O) groups excluding carboxylic acids is 1. The van der Waals surface area contributed by atoms with Gasteiger partial charge in [-0.1, -0.05) is 26.0 Å². The number of aromatic nitrogens is 2. The molecule has 0 saturated heterocycles. The van der Waals surface area contributed by atoms with Crippen molar-refractivity contribution >= 4 is 22.9 Å². The van der Waals surface area contributed by atoms with Crippen molar-refractivity contribution in [3.63, 3.8) is 0 Å². The van der Waals surface area contributed by atoms with Crippen LogP contribution < -0.4 is 10.6 Å². The Hall–Kier alpha value is -2.04. The lowest BCUT2D eigenvalue weighted by Gasteiger charge is -2.14. The Balaban J connectivity index is 2.25. The second kappa shape index (κ2) is 7.11. The minimum Gasteiger partial charge on any atom is -0.356 e. The van der Waals surface area contributed by atoms with Gasteiger partial charge in [-0.25, -0.2) is 4.98 Å². The summed E-state index contributed by atoms with van der Waals surface area (Å²) >= 11 is 0. The molecule has 1 aromatic carbocycles. The van der Waals surface area contributed by atoms with E-state index in [1.54, 1.807) is 0 Å². The van der Waals surface area contributed by atoms with Gasteiger partial charge in [0.05, 0.1) is 11.0 Å². The quantitative estimate of drug-likeness (QED) is 0.823. The summed E-state index contributed by atoms with van der Waals surface area (Å²) < 4.78 is 1.95. The zero-order chi connectivity index (χ0) is 15.2. The third-order valence-corrected chi connectivity index (χ3v) is 3.51. The van der Waals surface area contributed by atoms with Crippen molar-refractivity contribution < 1.29 is 4.79 Å². The molecule has 0 fully saturated rings. The number of para-hydroxylation sites is 2. The van der Waals surface area contributed by atoms with Gasteiger partial charge in [0.25, 0.3) is 0 Å². The monoisotopic (exact) mass is 288 g/mol. The van der Waals surface area contributed by atoms with Crippen molar-refractivity contribution in [2.75, 3.05) is 11.9 Å². The highest BCUT2D eigenvalue weighted by Crippen LogP contribution is 2.19. The summed E-state index contributed by atoms with van der Waals surface area (Å²) in [6, 6.07) is 8.09. The van der Waals surface area contributed by atoms with Crippen molar-refractivity contribution in [2.45, 2.75) is 46.2 Å². The SMILES string of the molecule is CCCNc1nc2ccccc2n1CC(=O)NC(C)CC. The zero-order valence-corrected chi connectivity index (χ0v) is 13.0. The lowest BCUT2D eigenvalue weighted by molar-refractivity contribution is -0.122. The molecule has 1 unspecified atom stereocenters. The molecular weight excluding hydrogens is 264 g/mol. The van der Waals surface area contributed by atoms with Crippen LogP contribution in [0.2, 0.25) is 0 Å². The van der Waals surface area contributed by atoms with E-state index in [-0.39, 0.29) is 18.5 Å². The summed E-state index contributed by atoms with van der Waals surface area (Å²) in [5, 5.41) is 6.30. The zero-order valence-electron chi connectivity index (χ0n) is 13.0. The number of fused-ring (bicyclic) bond motifs is 1.